The average molecular weight is 305 g/mol. The van der Waals surface area contributed by atoms with Gasteiger partial charge in [0.2, 0.25) is 15.8 Å². The van der Waals surface area contributed by atoms with Crippen LogP contribution >= 0.6 is 11.8 Å². The highest BCUT2D eigenvalue weighted by Gasteiger charge is 2.42. The predicted molar refractivity (Wildman–Crippen MR) is 71.1 cm³/mol. The van der Waals surface area contributed by atoms with Gasteiger partial charge < -0.3 is 9.52 Å². The zero-order valence-corrected chi connectivity index (χ0v) is 12.2. The molecule has 0 aliphatic heterocycles. The molecule has 0 aromatic carbocycles. The Morgan fingerprint density at radius 2 is 2.21 bits per heavy atom. The number of rotatable bonds is 6. The molecular weight excluding hydrogens is 290 g/mol. The van der Waals surface area contributed by atoms with Crippen LogP contribution in [0.1, 0.15) is 29.2 Å². The quantitative estimate of drug-likeness (QED) is 0.826. The van der Waals surface area contributed by atoms with E-state index in [-0.39, 0.29) is 21.2 Å². The molecule has 0 unspecified atom stereocenters. The summed E-state index contributed by atoms with van der Waals surface area (Å²) in [6.45, 7) is 1.78. The lowest BCUT2D eigenvalue weighted by Crippen LogP contribution is -2.31. The van der Waals surface area contributed by atoms with E-state index in [9.17, 15) is 13.2 Å². The zero-order chi connectivity index (χ0) is 14.3. The third-order valence-electron chi connectivity index (χ3n) is 3.20. The largest absolute Gasteiger partial charge is 0.475 e. The number of furan rings is 1. The molecule has 1 aromatic heterocycles. The Hall–Kier alpha value is -0.990. The fourth-order valence-electron chi connectivity index (χ4n) is 1.73. The second-order valence-electron chi connectivity index (χ2n) is 4.55. The van der Waals surface area contributed by atoms with E-state index in [0.29, 0.717) is 6.54 Å². The van der Waals surface area contributed by atoms with E-state index >= 15 is 0 Å². The zero-order valence-electron chi connectivity index (χ0n) is 10.6. The van der Waals surface area contributed by atoms with Gasteiger partial charge in [0.15, 0.2) is 0 Å². The van der Waals surface area contributed by atoms with Crippen LogP contribution in [-0.4, -0.2) is 37.0 Å². The molecular formula is C11H15NO5S2. The maximum atomic E-state index is 12.1. The van der Waals surface area contributed by atoms with Crippen molar-refractivity contribution in [2.45, 2.75) is 29.4 Å². The Morgan fingerprint density at radius 1 is 1.58 bits per heavy atom. The SMILES string of the molecule is CSC1(CNS(=O)(=O)c2cc(C(=O)O)oc2C)CC1. The van der Waals surface area contributed by atoms with Crippen molar-refractivity contribution < 1.29 is 22.7 Å². The van der Waals surface area contributed by atoms with Gasteiger partial charge >= 0.3 is 5.97 Å². The summed E-state index contributed by atoms with van der Waals surface area (Å²) in [5.74, 6) is -1.57. The summed E-state index contributed by atoms with van der Waals surface area (Å²) in [5, 5.41) is 8.78. The van der Waals surface area contributed by atoms with Crippen molar-refractivity contribution in [3.8, 4) is 0 Å². The lowest BCUT2D eigenvalue weighted by molar-refractivity contribution is 0.0661. The first-order chi connectivity index (χ1) is 8.80. The molecule has 1 fully saturated rings. The lowest BCUT2D eigenvalue weighted by Gasteiger charge is -2.12. The number of hydrogen-bond donors (Lipinski definition) is 2. The van der Waals surface area contributed by atoms with Crippen LogP contribution in [0.5, 0.6) is 0 Å². The van der Waals surface area contributed by atoms with Gasteiger partial charge in [-0.25, -0.2) is 17.9 Å². The second kappa shape index (κ2) is 4.84. The van der Waals surface area contributed by atoms with Crippen LogP contribution < -0.4 is 4.72 Å². The Bertz CT molecular complexity index is 601. The number of carbonyl (C=O) groups is 1. The first kappa shape index (κ1) is 14.4. The molecule has 0 spiro atoms. The van der Waals surface area contributed by atoms with Crippen molar-refractivity contribution in [1.82, 2.24) is 4.72 Å². The minimum atomic E-state index is -3.73. The topological polar surface area (TPSA) is 96.6 Å². The highest BCUT2D eigenvalue weighted by molar-refractivity contribution is 8.00. The fraction of sp³-hybridized carbons (Fsp3) is 0.545. The summed E-state index contributed by atoms with van der Waals surface area (Å²) in [5.41, 5.74) is 0. The number of carboxylic acid groups (broad SMARTS) is 1. The van der Waals surface area contributed by atoms with Crippen LogP contribution in [0.4, 0.5) is 0 Å². The Kier molecular flexibility index (Phi) is 3.67. The summed E-state index contributed by atoms with van der Waals surface area (Å²) in [4.78, 5) is 10.6. The number of aromatic carboxylic acids is 1. The van der Waals surface area contributed by atoms with Gasteiger partial charge in [-0.15, -0.1) is 0 Å². The number of nitrogens with one attached hydrogen (secondary N) is 1. The van der Waals surface area contributed by atoms with Crippen LogP contribution in [0.15, 0.2) is 15.4 Å². The fourth-order valence-corrected chi connectivity index (χ4v) is 3.86. The van der Waals surface area contributed by atoms with Crippen molar-refractivity contribution in [3.05, 3.63) is 17.6 Å². The van der Waals surface area contributed by atoms with Crippen LogP contribution in [0.2, 0.25) is 0 Å². The van der Waals surface area contributed by atoms with Crippen LogP contribution in [0, 0.1) is 6.92 Å². The van der Waals surface area contributed by atoms with Crippen molar-refractivity contribution in [3.63, 3.8) is 0 Å². The van der Waals surface area contributed by atoms with Crippen LogP contribution in [-0.2, 0) is 10.0 Å². The molecule has 1 heterocycles. The van der Waals surface area contributed by atoms with Crippen LogP contribution in [0.25, 0.3) is 0 Å². The van der Waals surface area contributed by atoms with Crippen LogP contribution in [0.3, 0.4) is 0 Å². The van der Waals surface area contributed by atoms with Crippen molar-refractivity contribution in [2.24, 2.45) is 0 Å². The summed E-state index contributed by atoms with van der Waals surface area (Å²) >= 11 is 1.64. The van der Waals surface area contributed by atoms with Gasteiger partial charge in [0.1, 0.15) is 10.7 Å². The molecule has 2 N–H and O–H groups in total. The molecule has 1 aliphatic carbocycles. The first-order valence-corrected chi connectivity index (χ1v) is 8.39. The molecule has 0 amide bonds. The molecule has 0 atom stereocenters. The van der Waals surface area contributed by atoms with Crippen molar-refractivity contribution in [1.29, 1.82) is 0 Å². The van der Waals surface area contributed by atoms with Gasteiger partial charge in [-0.2, -0.15) is 11.8 Å². The second-order valence-corrected chi connectivity index (χ2v) is 7.56. The monoisotopic (exact) mass is 305 g/mol. The first-order valence-electron chi connectivity index (χ1n) is 5.68. The minimum Gasteiger partial charge on any atom is -0.475 e. The average Bonchev–Trinajstić information content (AvgIpc) is 3.02. The molecule has 1 aliphatic rings. The predicted octanol–water partition coefficient (Wildman–Crippen LogP) is 1.46. The van der Waals surface area contributed by atoms with E-state index in [4.69, 9.17) is 9.52 Å². The van der Waals surface area contributed by atoms with E-state index in [1.807, 2.05) is 6.26 Å². The lowest BCUT2D eigenvalue weighted by atomic mass is 10.4. The smallest absolute Gasteiger partial charge is 0.371 e. The van der Waals surface area contributed by atoms with Gasteiger partial charge in [-0.05, 0) is 26.0 Å². The summed E-state index contributed by atoms with van der Waals surface area (Å²) in [7, 11) is -3.73. The number of carboxylic acids is 1. The van der Waals surface area contributed by atoms with Gasteiger partial charge in [0.25, 0.3) is 0 Å². The van der Waals surface area contributed by atoms with E-state index in [1.165, 1.54) is 6.92 Å². The summed E-state index contributed by atoms with van der Waals surface area (Å²) < 4.78 is 31.6. The molecule has 0 radical (unpaired) electrons. The van der Waals surface area contributed by atoms with Gasteiger partial charge in [0.05, 0.1) is 0 Å². The van der Waals surface area contributed by atoms with E-state index in [0.717, 1.165) is 18.9 Å². The summed E-state index contributed by atoms with van der Waals surface area (Å²) in [6.07, 6.45) is 3.93. The molecule has 2 rings (SSSR count). The molecule has 1 aromatic rings. The standard InChI is InChI=1S/C11H15NO5S2/c1-7-9(5-8(17-7)10(13)14)19(15,16)12-6-11(18-2)3-4-11/h5,12H,3-4,6H2,1-2H3,(H,13,14). The molecule has 1 saturated carbocycles. The molecule has 8 heteroatoms. The highest BCUT2D eigenvalue weighted by Crippen LogP contribution is 2.46. The normalized spacial score (nSPS) is 17.4. The third-order valence-corrected chi connectivity index (χ3v) is 6.12. The van der Waals surface area contributed by atoms with Gasteiger partial charge in [-0.1, -0.05) is 0 Å². The molecule has 0 bridgehead atoms. The van der Waals surface area contributed by atoms with E-state index < -0.39 is 16.0 Å². The Morgan fingerprint density at radius 3 is 2.63 bits per heavy atom. The maximum Gasteiger partial charge on any atom is 0.371 e. The maximum absolute atomic E-state index is 12.1. The third kappa shape index (κ3) is 2.96. The Labute approximate surface area is 115 Å². The molecule has 19 heavy (non-hydrogen) atoms. The van der Waals surface area contributed by atoms with Crippen molar-refractivity contribution in [2.75, 3.05) is 12.8 Å². The Balaban J connectivity index is 2.17. The van der Waals surface area contributed by atoms with Gasteiger partial charge in [0, 0.05) is 17.4 Å². The molecule has 0 saturated heterocycles. The minimum absolute atomic E-state index is 0.000336. The van der Waals surface area contributed by atoms with E-state index in [2.05, 4.69) is 4.72 Å². The summed E-state index contributed by atoms with van der Waals surface area (Å²) in [6, 6.07) is 1.04. The number of sulfonamides is 1. The van der Waals surface area contributed by atoms with Gasteiger partial charge in [-0.3, -0.25) is 0 Å². The van der Waals surface area contributed by atoms with Crippen molar-refractivity contribution >= 4 is 27.8 Å². The molecule has 6 nitrogen and oxygen atoms in total. The number of aryl methyl sites for hydroxylation is 1. The number of hydrogen-bond acceptors (Lipinski definition) is 5. The highest BCUT2D eigenvalue weighted by atomic mass is 32.2. The van der Waals surface area contributed by atoms with E-state index in [1.54, 1.807) is 11.8 Å². The number of thioether (sulfide) groups is 1. The molecule has 106 valence electrons.